The zero-order chi connectivity index (χ0) is 21.6. The maximum atomic E-state index is 2.35. The van der Waals surface area contributed by atoms with E-state index >= 15 is 0 Å². The molecule has 0 bridgehead atoms. The summed E-state index contributed by atoms with van der Waals surface area (Å²) in [5, 5.41) is 0. The van der Waals surface area contributed by atoms with Crippen LogP contribution in [0.1, 0.15) is 155 Å². The zero-order valence-corrected chi connectivity index (χ0v) is 21.6. The van der Waals surface area contributed by atoms with Crippen LogP contribution in [0.5, 0.6) is 0 Å². The molecule has 1 atom stereocenters. The second-order valence-corrected chi connectivity index (χ2v) is 10.7. The molecule has 0 fully saturated rings. The molecule has 0 N–H and O–H groups in total. The molecule has 1 nitrogen and oxygen atoms in total. The third-order valence-corrected chi connectivity index (χ3v) is 6.96. The first-order chi connectivity index (χ1) is 14.0. The van der Waals surface area contributed by atoms with Gasteiger partial charge in [0.05, 0.1) is 27.2 Å². The first-order valence-electron chi connectivity index (χ1n) is 13.8. The van der Waals surface area contributed by atoms with Crippen molar-refractivity contribution in [1.29, 1.82) is 0 Å². The van der Waals surface area contributed by atoms with Crippen LogP contribution >= 0.6 is 0 Å². The van der Waals surface area contributed by atoms with E-state index in [0.717, 1.165) is 10.5 Å². The second-order valence-electron chi connectivity index (χ2n) is 10.7. The van der Waals surface area contributed by atoms with Crippen LogP contribution in [0.3, 0.4) is 0 Å². The van der Waals surface area contributed by atoms with E-state index in [1.807, 2.05) is 0 Å². The molecule has 0 spiro atoms. The Morgan fingerprint density at radius 2 is 0.690 bits per heavy atom. The minimum Gasteiger partial charge on any atom is -0.328 e. The normalized spacial score (nSPS) is 13.1. The minimum atomic E-state index is 0.852. The molecule has 0 aliphatic rings. The fourth-order valence-electron chi connectivity index (χ4n) is 4.77. The smallest absolute Gasteiger partial charge is 0.0881 e. The van der Waals surface area contributed by atoms with Gasteiger partial charge in [0, 0.05) is 0 Å². The standard InChI is InChI=1S/C28H60N/c1-6-8-9-10-11-12-13-14-15-16-17-18-19-20-21-22-23-24-25-26-27-28(7-2)29(3,4)5/h28H,6-27H2,1-5H3/q+1. The Kier molecular flexibility index (Phi) is 21.2. The predicted octanol–water partition coefficient (Wildman–Crippen LogP) is 9.68. The van der Waals surface area contributed by atoms with E-state index in [2.05, 4.69) is 35.0 Å². The number of rotatable bonds is 23. The Balaban J connectivity index is 3.15. The Morgan fingerprint density at radius 3 is 0.931 bits per heavy atom. The Labute approximate surface area is 187 Å². The van der Waals surface area contributed by atoms with Gasteiger partial charge in [0.1, 0.15) is 0 Å². The second kappa shape index (κ2) is 21.2. The maximum Gasteiger partial charge on any atom is 0.0881 e. The highest BCUT2D eigenvalue weighted by atomic mass is 15.3. The van der Waals surface area contributed by atoms with Gasteiger partial charge in [-0.05, 0) is 19.3 Å². The van der Waals surface area contributed by atoms with Gasteiger partial charge in [-0.25, -0.2) is 0 Å². The van der Waals surface area contributed by atoms with E-state index < -0.39 is 0 Å². The molecular formula is C28H60N+. The third-order valence-electron chi connectivity index (χ3n) is 6.96. The average molecular weight is 411 g/mol. The summed E-state index contributed by atoms with van der Waals surface area (Å²) >= 11 is 0. The summed E-state index contributed by atoms with van der Waals surface area (Å²) in [6, 6.07) is 0.852. The van der Waals surface area contributed by atoms with E-state index in [-0.39, 0.29) is 0 Å². The topological polar surface area (TPSA) is 0 Å². The van der Waals surface area contributed by atoms with Gasteiger partial charge in [-0.3, -0.25) is 0 Å². The number of hydrogen-bond donors (Lipinski definition) is 0. The molecule has 1 heteroatoms. The summed E-state index contributed by atoms with van der Waals surface area (Å²) in [6.45, 7) is 4.66. The Hall–Kier alpha value is -0.0400. The van der Waals surface area contributed by atoms with E-state index in [4.69, 9.17) is 0 Å². The molecule has 1 unspecified atom stereocenters. The Morgan fingerprint density at radius 1 is 0.414 bits per heavy atom. The van der Waals surface area contributed by atoms with Crippen molar-refractivity contribution in [3.05, 3.63) is 0 Å². The lowest BCUT2D eigenvalue weighted by Crippen LogP contribution is -2.44. The summed E-state index contributed by atoms with van der Waals surface area (Å²) in [6.07, 6.45) is 32.1. The molecule has 0 aromatic carbocycles. The lowest BCUT2D eigenvalue weighted by Gasteiger charge is -2.33. The first-order valence-corrected chi connectivity index (χ1v) is 13.8. The third kappa shape index (κ3) is 21.0. The Bertz CT molecular complexity index is 304. The van der Waals surface area contributed by atoms with Gasteiger partial charge >= 0.3 is 0 Å². The molecule has 176 valence electrons. The van der Waals surface area contributed by atoms with Gasteiger partial charge in [-0.15, -0.1) is 0 Å². The molecule has 0 aliphatic heterocycles. The molecule has 0 heterocycles. The van der Waals surface area contributed by atoms with Crippen LogP contribution in [0.2, 0.25) is 0 Å². The molecule has 0 radical (unpaired) electrons. The number of unbranched alkanes of at least 4 members (excludes halogenated alkanes) is 19. The van der Waals surface area contributed by atoms with E-state index in [1.54, 1.807) is 0 Å². The molecule has 0 amide bonds. The van der Waals surface area contributed by atoms with Crippen LogP contribution < -0.4 is 0 Å². The van der Waals surface area contributed by atoms with Crippen molar-refractivity contribution in [3.63, 3.8) is 0 Å². The van der Waals surface area contributed by atoms with Crippen molar-refractivity contribution in [2.24, 2.45) is 0 Å². The lowest BCUT2D eigenvalue weighted by atomic mass is 10.0. The monoisotopic (exact) mass is 410 g/mol. The fraction of sp³-hybridized carbons (Fsp3) is 1.00. The predicted molar refractivity (Wildman–Crippen MR) is 135 cm³/mol. The van der Waals surface area contributed by atoms with Gasteiger partial charge in [0.25, 0.3) is 0 Å². The van der Waals surface area contributed by atoms with Crippen LogP contribution in [0.15, 0.2) is 0 Å². The summed E-state index contributed by atoms with van der Waals surface area (Å²) < 4.78 is 1.13. The van der Waals surface area contributed by atoms with Crippen molar-refractivity contribution in [3.8, 4) is 0 Å². The van der Waals surface area contributed by atoms with Crippen molar-refractivity contribution in [2.45, 2.75) is 161 Å². The van der Waals surface area contributed by atoms with Crippen molar-refractivity contribution in [1.82, 2.24) is 0 Å². The number of quaternary nitrogens is 1. The summed E-state index contributed by atoms with van der Waals surface area (Å²) in [5.74, 6) is 0. The molecule has 0 aromatic heterocycles. The summed E-state index contributed by atoms with van der Waals surface area (Å²) in [5.41, 5.74) is 0. The summed E-state index contributed by atoms with van der Waals surface area (Å²) in [7, 11) is 7.06. The van der Waals surface area contributed by atoms with Crippen LogP contribution in [-0.4, -0.2) is 31.7 Å². The molecule has 0 saturated heterocycles. The molecular weight excluding hydrogens is 350 g/mol. The van der Waals surface area contributed by atoms with Gasteiger partial charge in [-0.2, -0.15) is 0 Å². The van der Waals surface area contributed by atoms with Crippen LogP contribution in [-0.2, 0) is 0 Å². The van der Waals surface area contributed by atoms with Gasteiger partial charge in [0.15, 0.2) is 0 Å². The van der Waals surface area contributed by atoms with Crippen LogP contribution in [0.25, 0.3) is 0 Å². The highest BCUT2D eigenvalue weighted by Gasteiger charge is 2.20. The lowest BCUT2D eigenvalue weighted by molar-refractivity contribution is -0.896. The van der Waals surface area contributed by atoms with E-state index in [0.29, 0.717) is 0 Å². The first kappa shape index (κ1) is 29.0. The van der Waals surface area contributed by atoms with Crippen LogP contribution in [0.4, 0.5) is 0 Å². The SMILES string of the molecule is CCCCCCCCCCCCCCCCCCCCCCC(CC)[N+](C)(C)C. The zero-order valence-electron chi connectivity index (χ0n) is 21.6. The van der Waals surface area contributed by atoms with Crippen molar-refractivity contribution >= 4 is 0 Å². The van der Waals surface area contributed by atoms with E-state index in [9.17, 15) is 0 Å². The van der Waals surface area contributed by atoms with Gasteiger partial charge in [0.2, 0.25) is 0 Å². The number of hydrogen-bond acceptors (Lipinski definition) is 0. The maximum absolute atomic E-state index is 2.35. The average Bonchev–Trinajstić information content (AvgIpc) is 2.68. The van der Waals surface area contributed by atoms with Gasteiger partial charge in [-0.1, -0.05) is 136 Å². The molecule has 0 rings (SSSR count). The largest absolute Gasteiger partial charge is 0.328 e. The fourth-order valence-corrected chi connectivity index (χ4v) is 4.77. The molecule has 29 heavy (non-hydrogen) atoms. The van der Waals surface area contributed by atoms with E-state index in [1.165, 1.54) is 141 Å². The highest BCUT2D eigenvalue weighted by molar-refractivity contribution is 4.57. The molecule has 0 aromatic rings. The summed E-state index contributed by atoms with van der Waals surface area (Å²) in [4.78, 5) is 0. The van der Waals surface area contributed by atoms with Gasteiger partial charge < -0.3 is 4.48 Å². The van der Waals surface area contributed by atoms with Crippen molar-refractivity contribution < 1.29 is 4.48 Å². The van der Waals surface area contributed by atoms with Crippen molar-refractivity contribution in [2.75, 3.05) is 21.1 Å². The minimum absolute atomic E-state index is 0.852. The quantitative estimate of drug-likeness (QED) is 0.116. The van der Waals surface area contributed by atoms with Crippen LogP contribution in [0, 0.1) is 0 Å². The molecule has 0 aliphatic carbocycles. The number of nitrogens with zero attached hydrogens (tertiary/aromatic N) is 1. The molecule has 0 saturated carbocycles. The highest BCUT2D eigenvalue weighted by Crippen LogP contribution is 2.18.